The number of nitrogens with zero attached hydrogens (tertiary/aromatic N) is 2. The Morgan fingerprint density at radius 2 is 1.95 bits per heavy atom. The van der Waals surface area contributed by atoms with Crippen LogP contribution in [0, 0.1) is 26.7 Å². The number of carbonyl (C=O) groups is 1. The fourth-order valence-electron chi connectivity index (χ4n) is 2.80. The Balaban J connectivity index is 1.79. The van der Waals surface area contributed by atoms with Gasteiger partial charge in [0.05, 0.1) is 12.2 Å². The molecule has 1 fully saturated rings. The Labute approximate surface area is 115 Å². The van der Waals surface area contributed by atoms with Crippen molar-refractivity contribution in [1.29, 1.82) is 0 Å². The maximum atomic E-state index is 12.0. The molecule has 4 nitrogen and oxygen atoms in total. The first kappa shape index (κ1) is 14.1. The quantitative estimate of drug-likeness (QED) is 0.907. The average molecular weight is 263 g/mol. The maximum absolute atomic E-state index is 12.0. The van der Waals surface area contributed by atoms with Gasteiger partial charge in [-0.05, 0) is 39.2 Å². The molecule has 19 heavy (non-hydrogen) atoms. The van der Waals surface area contributed by atoms with Gasteiger partial charge in [-0.1, -0.05) is 19.3 Å². The van der Waals surface area contributed by atoms with Crippen molar-refractivity contribution < 1.29 is 4.79 Å². The van der Waals surface area contributed by atoms with Crippen molar-refractivity contribution in [3.8, 4) is 0 Å². The van der Waals surface area contributed by atoms with E-state index >= 15 is 0 Å². The SMILES string of the molecule is Cc1nn(CCNC(=O)C2CCCCC2)c(C)c1C. The van der Waals surface area contributed by atoms with Crippen LogP contribution in [0.1, 0.15) is 49.1 Å². The Morgan fingerprint density at radius 3 is 2.53 bits per heavy atom. The highest BCUT2D eigenvalue weighted by molar-refractivity contribution is 5.78. The molecule has 1 amide bonds. The van der Waals surface area contributed by atoms with Crippen molar-refractivity contribution >= 4 is 5.91 Å². The lowest BCUT2D eigenvalue weighted by molar-refractivity contribution is -0.125. The van der Waals surface area contributed by atoms with Gasteiger partial charge in [0, 0.05) is 18.2 Å². The highest BCUT2D eigenvalue weighted by atomic mass is 16.1. The van der Waals surface area contributed by atoms with Crippen molar-refractivity contribution in [2.75, 3.05) is 6.54 Å². The second-order valence-electron chi connectivity index (χ2n) is 5.64. The van der Waals surface area contributed by atoms with Crippen LogP contribution < -0.4 is 5.32 Å². The van der Waals surface area contributed by atoms with Gasteiger partial charge in [-0.15, -0.1) is 0 Å². The minimum Gasteiger partial charge on any atom is -0.354 e. The Hall–Kier alpha value is -1.32. The number of rotatable bonds is 4. The maximum Gasteiger partial charge on any atom is 0.223 e. The highest BCUT2D eigenvalue weighted by Gasteiger charge is 2.20. The first-order valence-electron chi connectivity index (χ1n) is 7.38. The first-order valence-corrected chi connectivity index (χ1v) is 7.38. The molecule has 1 aromatic heterocycles. The van der Waals surface area contributed by atoms with E-state index in [1.54, 1.807) is 0 Å². The molecule has 4 heteroatoms. The van der Waals surface area contributed by atoms with Gasteiger partial charge >= 0.3 is 0 Å². The van der Waals surface area contributed by atoms with Gasteiger partial charge in [-0.3, -0.25) is 9.48 Å². The number of carbonyl (C=O) groups excluding carboxylic acids is 1. The standard InChI is InChI=1S/C15H25N3O/c1-11-12(2)17-18(13(11)3)10-9-16-15(19)14-7-5-4-6-8-14/h14H,4-10H2,1-3H3,(H,16,19). The van der Waals surface area contributed by atoms with Crippen LogP contribution in [0.2, 0.25) is 0 Å². The second-order valence-corrected chi connectivity index (χ2v) is 5.64. The zero-order valence-corrected chi connectivity index (χ0v) is 12.3. The molecule has 1 saturated carbocycles. The van der Waals surface area contributed by atoms with Crippen LogP contribution in [-0.2, 0) is 11.3 Å². The van der Waals surface area contributed by atoms with Crippen LogP contribution in [0.15, 0.2) is 0 Å². The summed E-state index contributed by atoms with van der Waals surface area (Å²) in [5.74, 6) is 0.480. The summed E-state index contributed by atoms with van der Waals surface area (Å²) in [5.41, 5.74) is 3.53. The Kier molecular flexibility index (Phi) is 4.61. The summed E-state index contributed by atoms with van der Waals surface area (Å²) in [7, 11) is 0. The van der Waals surface area contributed by atoms with Crippen LogP contribution in [0.3, 0.4) is 0 Å². The molecule has 0 aromatic carbocycles. The molecule has 0 spiro atoms. The van der Waals surface area contributed by atoms with E-state index in [-0.39, 0.29) is 11.8 Å². The summed E-state index contributed by atoms with van der Waals surface area (Å²) >= 11 is 0. The van der Waals surface area contributed by atoms with Crippen LogP contribution in [0.4, 0.5) is 0 Å². The fourth-order valence-corrected chi connectivity index (χ4v) is 2.80. The van der Waals surface area contributed by atoms with E-state index in [1.807, 2.05) is 11.6 Å². The van der Waals surface area contributed by atoms with E-state index < -0.39 is 0 Å². The number of amides is 1. The lowest BCUT2D eigenvalue weighted by Gasteiger charge is -2.20. The number of aromatic nitrogens is 2. The molecule has 1 aromatic rings. The van der Waals surface area contributed by atoms with Gasteiger partial charge in [0.25, 0.3) is 0 Å². The van der Waals surface area contributed by atoms with Crippen molar-refractivity contribution in [2.24, 2.45) is 5.92 Å². The van der Waals surface area contributed by atoms with E-state index in [0.717, 1.165) is 25.1 Å². The third kappa shape index (κ3) is 3.37. The fraction of sp³-hybridized carbons (Fsp3) is 0.733. The smallest absolute Gasteiger partial charge is 0.223 e. The number of nitrogens with one attached hydrogen (secondary N) is 1. The molecule has 0 unspecified atom stereocenters. The Morgan fingerprint density at radius 1 is 1.26 bits per heavy atom. The second kappa shape index (κ2) is 6.22. The molecule has 0 atom stereocenters. The zero-order chi connectivity index (χ0) is 13.8. The topological polar surface area (TPSA) is 46.9 Å². The van der Waals surface area contributed by atoms with E-state index in [1.165, 1.54) is 30.5 Å². The zero-order valence-electron chi connectivity index (χ0n) is 12.3. The van der Waals surface area contributed by atoms with Crippen LogP contribution in [-0.4, -0.2) is 22.2 Å². The van der Waals surface area contributed by atoms with Crippen molar-refractivity contribution in [2.45, 2.75) is 59.4 Å². The molecule has 1 N–H and O–H groups in total. The van der Waals surface area contributed by atoms with Gasteiger partial charge in [-0.25, -0.2) is 0 Å². The largest absolute Gasteiger partial charge is 0.354 e. The third-order valence-corrected chi connectivity index (χ3v) is 4.34. The van der Waals surface area contributed by atoms with Crippen LogP contribution in [0.5, 0.6) is 0 Å². The number of aryl methyl sites for hydroxylation is 1. The summed E-state index contributed by atoms with van der Waals surface area (Å²) in [6.07, 6.45) is 5.81. The van der Waals surface area contributed by atoms with E-state index in [0.29, 0.717) is 6.54 Å². The van der Waals surface area contributed by atoms with Crippen LogP contribution in [0.25, 0.3) is 0 Å². The molecule has 1 heterocycles. The van der Waals surface area contributed by atoms with Crippen molar-refractivity contribution in [1.82, 2.24) is 15.1 Å². The van der Waals surface area contributed by atoms with Gasteiger partial charge in [0.2, 0.25) is 5.91 Å². The Bertz CT molecular complexity index is 444. The molecule has 1 aliphatic rings. The normalized spacial score (nSPS) is 16.6. The average Bonchev–Trinajstić information content (AvgIpc) is 2.67. The third-order valence-electron chi connectivity index (χ3n) is 4.34. The summed E-state index contributed by atoms with van der Waals surface area (Å²) < 4.78 is 1.99. The van der Waals surface area contributed by atoms with Gasteiger partial charge in [0.15, 0.2) is 0 Å². The monoisotopic (exact) mass is 263 g/mol. The molecule has 0 bridgehead atoms. The number of hydrogen-bond donors (Lipinski definition) is 1. The van der Waals surface area contributed by atoms with E-state index in [9.17, 15) is 4.79 Å². The molecule has 2 rings (SSSR count). The predicted molar refractivity (Wildman–Crippen MR) is 76.0 cm³/mol. The molecular weight excluding hydrogens is 238 g/mol. The summed E-state index contributed by atoms with van der Waals surface area (Å²) in [6.45, 7) is 7.64. The summed E-state index contributed by atoms with van der Waals surface area (Å²) in [6, 6.07) is 0. The lowest BCUT2D eigenvalue weighted by atomic mass is 9.89. The van der Waals surface area contributed by atoms with Crippen molar-refractivity contribution in [3.05, 3.63) is 17.0 Å². The molecule has 0 radical (unpaired) electrons. The molecule has 0 saturated heterocycles. The number of hydrogen-bond acceptors (Lipinski definition) is 2. The van der Waals surface area contributed by atoms with Crippen molar-refractivity contribution in [3.63, 3.8) is 0 Å². The predicted octanol–water partition coefficient (Wildman–Crippen LogP) is 2.50. The minimum atomic E-state index is 0.234. The minimum absolute atomic E-state index is 0.234. The van der Waals surface area contributed by atoms with Gasteiger partial charge in [-0.2, -0.15) is 5.10 Å². The van der Waals surface area contributed by atoms with Gasteiger partial charge in [0.1, 0.15) is 0 Å². The van der Waals surface area contributed by atoms with E-state index in [2.05, 4.69) is 24.3 Å². The molecule has 0 aliphatic heterocycles. The molecule has 106 valence electrons. The van der Waals surface area contributed by atoms with E-state index in [4.69, 9.17) is 0 Å². The first-order chi connectivity index (χ1) is 9.09. The highest BCUT2D eigenvalue weighted by Crippen LogP contribution is 2.23. The summed E-state index contributed by atoms with van der Waals surface area (Å²) in [5, 5.41) is 7.54. The molecular formula is C15H25N3O. The van der Waals surface area contributed by atoms with Gasteiger partial charge < -0.3 is 5.32 Å². The molecule has 1 aliphatic carbocycles. The lowest BCUT2D eigenvalue weighted by Crippen LogP contribution is -2.34. The van der Waals surface area contributed by atoms with Crippen LogP contribution >= 0.6 is 0 Å². The summed E-state index contributed by atoms with van der Waals surface area (Å²) in [4.78, 5) is 12.0.